The van der Waals surface area contributed by atoms with Crippen molar-refractivity contribution >= 4 is 5.97 Å². The van der Waals surface area contributed by atoms with Gasteiger partial charge in [0.05, 0.1) is 0 Å². The highest BCUT2D eigenvalue weighted by Gasteiger charge is 2.18. The number of hydrogen-bond donors (Lipinski definition) is 3. The summed E-state index contributed by atoms with van der Waals surface area (Å²) >= 11 is 0. The van der Waals surface area contributed by atoms with Crippen LogP contribution in [0.15, 0.2) is 60.7 Å². The first-order valence-electron chi connectivity index (χ1n) is 7.51. The number of para-hydroxylation sites is 1. The molecule has 0 aliphatic carbocycles. The molecule has 0 fully saturated rings. The fourth-order valence-electron chi connectivity index (χ4n) is 2.14. The fourth-order valence-corrected chi connectivity index (χ4v) is 2.14. The molecule has 0 aromatic heterocycles. The summed E-state index contributed by atoms with van der Waals surface area (Å²) in [5, 5.41) is 22.1. The van der Waals surface area contributed by atoms with Gasteiger partial charge in [0.15, 0.2) is 0 Å². The predicted molar refractivity (Wildman–Crippen MR) is 87.5 cm³/mol. The smallest absolute Gasteiger partial charge is 0.321 e. The zero-order valence-electron chi connectivity index (χ0n) is 12.8. The van der Waals surface area contributed by atoms with Gasteiger partial charge in [-0.15, -0.1) is 0 Å². The van der Waals surface area contributed by atoms with E-state index in [2.05, 4.69) is 5.32 Å². The molecule has 0 saturated heterocycles. The number of aliphatic hydroxyl groups excluding tert-OH is 1. The van der Waals surface area contributed by atoms with Crippen molar-refractivity contribution in [1.82, 2.24) is 5.32 Å². The van der Waals surface area contributed by atoms with Crippen LogP contribution >= 0.6 is 0 Å². The molecule has 0 radical (unpaired) electrons. The number of ether oxygens (including phenoxy) is 1. The molecule has 5 nitrogen and oxygen atoms in total. The predicted octanol–water partition coefficient (Wildman–Crippen LogP) is 1.71. The monoisotopic (exact) mass is 315 g/mol. The number of aliphatic hydroxyl groups is 1. The van der Waals surface area contributed by atoms with Crippen molar-refractivity contribution < 1.29 is 19.7 Å². The van der Waals surface area contributed by atoms with Crippen LogP contribution in [0.4, 0.5) is 0 Å². The van der Waals surface area contributed by atoms with Crippen LogP contribution in [-0.4, -0.2) is 41.5 Å². The lowest BCUT2D eigenvalue weighted by Gasteiger charge is -2.18. The first-order valence-corrected chi connectivity index (χ1v) is 7.51. The summed E-state index contributed by atoms with van der Waals surface area (Å²) in [5.41, 5.74) is 0.933. The number of benzene rings is 2. The lowest BCUT2D eigenvalue weighted by Crippen LogP contribution is -2.43. The van der Waals surface area contributed by atoms with Crippen LogP contribution in [0.3, 0.4) is 0 Å². The number of carboxylic acids is 1. The second kappa shape index (κ2) is 8.92. The first kappa shape index (κ1) is 17.0. The summed E-state index contributed by atoms with van der Waals surface area (Å²) < 4.78 is 5.44. The molecule has 0 aliphatic heterocycles. The van der Waals surface area contributed by atoms with Crippen LogP contribution in [0, 0.1) is 0 Å². The molecule has 0 saturated carbocycles. The van der Waals surface area contributed by atoms with E-state index < -0.39 is 18.1 Å². The number of nitrogens with one attached hydrogen (secondary N) is 1. The quantitative estimate of drug-likeness (QED) is 0.656. The number of carboxylic acid groups (broad SMARTS) is 1. The first-order chi connectivity index (χ1) is 11.1. The summed E-state index contributed by atoms with van der Waals surface area (Å²) in [4.78, 5) is 11.3. The molecule has 5 heteroatoms. The highest BCUT2D eigenvalue weighted by atomic mass is 16.5. The highest BCUT2D eigenvalue weighted by molar-refractivity contribution is 5.73. The fraction of sp³-hybridized carbons (Fsp3) is 0.278. The summed E-state index contributed by atoms with van der Waals surface area (Å²) in [6.45, 7) is 0.255. The van der Waals surface area contributed by atoms with E-state index in [1.807, 2.05) is 48.5 Å². The second-order valence-electron chi connectivity index (χ2n) is 5.27. The zero-order valence-corrected chi connectivity index (χ0v) is 12.8. The van der Waals surface area contributed by atoms with Crippen molar-refractivity contribution in [2.45, 2.75) is 18.6 Å². The Labute approximate surface area is 135 Å². The number of aliphatic carboxylic acids is 1. The maximum atomic E-state index is 11.3. The van der Waals surface area contributed by atoms with Crippen LogP contribution in [-0.2, 0) is 11.2 Å². The van der Waals surface area contributed by atoms with Crippen molar-refractivity contribution in [2.75, 3.05) is 13.2 Å². The number of carbonyl (C=O) groups is 1. The van der Waals surface area contributed by atoms with Gasteiger partial charge in [-0.3, -0.25) is 4.79 Å². The molecule has 0 unspecified atom stereocenters. The topological polar surface area (TPSA) is 78.8 Å². The molecule has 2 rings (SSSR count). The van der Waals surface area contributed by atoms with Gasteiger partial charge in [-0.1, -0.05) is 48.5 Å². The summed E-state index contributed by atoms with van der Waals surface area (Å²) in [6.07, 6.45) is -0.421. The summed E-state index contributed by atoms with van der Waals surface area (Å²) in [6, 6.07) is 17.8. The number of rotatable bonds is 9. The Hall–Kier alpha value is -2.37. The molecular weight excluding hydrogens is 294 g/mol. The van der Waals surface area contributed by atoms with Crippen molar-refractivity contribution in [3.8, 4) is 5.75 Å². The van der Waals surface area contributed by atoms with Crippen molar-refractivity contribution in [1.29, 1.82) is 0 Å². The third kappa shape index (κ3) is 6.10. The standard InChI is InChI=1S/C18H21NO4/c20-15(13-23-16-9-5-2-6-10-16)12-19-17(18(21)22)11-14-7-3-1-4-8-14/h1-10,15,17,19-20H,11-13H2,(H,21,22)/t15-,17-/m0/s1. The highest BCUT2D eigenvalue weighted by Crippen LogP contribution is 2.08. The zero-order chi connectivity index (χ0) is 16.5. The van der Waals surface area contributed by atoms with Gasteiger partial charge in [-0.25, -0.2) is 0 Å². The van der Waals surface area contributed by atoms with Gasteiger partial charge >= 0.3 is 5.97 Å². The maximum absolute atomic E-state index is 11.3. The Bertz CT molecular complexity index is 588. The van der Waals surface area contributed by atoms with E-state index in [4.69, 9.17) is 4.74 Å². The van der Waals surface area contributed by atoms with E-state index in [1.54, 1.807) is 12.1 Å². The summed E-state index contributed by atoms with van der Waals surface area (Å²) in [7, 11) is 0. The van der Waals surface area contributed by atoms with Gasteiger partial charge in [-0.05, 0) is 24.1 Å². The SMILES string of the molecule is O=C(O)[C@H](Cc1ccccc1)NC[C@H](O)COc1ccccc1. The van der Waals surface area contributed by atoms with Crippen LogP contribution in [0.1, 0.15) is 5.56 Å². The molecule has 3 N–H and O–H groups in total. The third-order valence-corrected chi connectivity index (χ3v) is 3.37. The van der Waals surface area contributed by atoms with Gasteiger partial charge in [-0.2, -0.15) is 0 Å². The molecule has 23 heavy (non-hydrogen) atoms. The molecular formula is C18H21NO4. The third-order valence-electron chi connectivity index (χ3n) is 3.37. The van der Waals surface area contributed by atoms with E-state index in [9.17, 15) is 15.0 Å². The molecule has 2 aromatic rings. The van der Waals surface area contributed by atoms with Crippen LogP contribution in [0.2, 0.25) is 0 Å². The van der Waals surface area contributed by atoms with Crippen LogP contribution in [0.25, 0.3) is 0 Å². The van der Waals surface area contributed by atoms with E-state index in [0.717, 1.165) is 5.56 Å². The van der Waals surface area contributed by atoms with Crippen LogP contribution in [0.5, 0.6) is 5.75 Å². The average molecular weight is 315 g/mol. The average Bonchev–Trinajstić information content (AvgIpc) is 2.58. The Kier molecular flexibility index (Phi) is 6.59. The van der Waals surface area contributed by atoms with Gasteiger partial charge < -0.3 is 20.3 Å². The van der Waals surface area contributed by atoms with Crippen molar-refractivity contribution in [3.63, 3.8) is 0 Å². The van der Waals surface area contributed by atoms with Crippen molar-refractivity contribution in [2.24, 2.45) is 0 Å². The molecule has 0 bridgehead atoms. The molecule has 0 amide bonds. The lowest BCUT2D eigenvalue weighted by molar-refractivity contribution is -0.139. The van der Waals surface area contributed by atoms with Crippen LogP contribution < -0.4 is 10.1 Å². The van der Waals surface area contributed by atoms with Gasteiger partial charge in [0.25, 0.3) is 0 Å². The lowest BCUT2D eigenvalue weighted by atomic mass is 10.1. The minimum absolute atomic E-state index is 0.106. The second-order valence-corrected chi connectivity index (χ2v) is 5.27. The summed E-state index contributed by atoms with van der Waals surface area (Å²) in [5.74, 6) is -0.268. The normalized spacial score (nSPS) is 13.3. The van der Waals surface area contributed by atoms with Gasteiger partial charge in [0, 0.05) is 6.54 Å². The van der Waals surface area contributed by atoms with Gasteiger partial charge in [0.2, 0.25) is 0 Å². The molecule has 122 valence electrons. The molecule has 0 spiro atoms. The Morgan fingerprint density at radius 1 is 1.04 bits per heavy atom. The Balaban J connectivity index is 1.78. The Morgan fingerprint density at radius 3 is 2.26 bits per heavy atom. The molecule has 0 aliphatic rings. The van der Waals surface area contributed by atoms with Crippen molar-refractivity contribution in [3.05, 3.63) is 66.2 Å². The number of hydrogen-bond acceptors (Lipinski definition) is 4. The largest absolute Gasteiger partial charge is 0.491 e. The molecule has 0 heterocycles. The Morgan fingerprint density at radius 2 is 1.65 bits per heavy atom. The minimum atomic E-state index is -0.940. The van der Waals surface area contributed by atoms with Gasteiger partial charge in [0.1, 0.15) is 24.5 Å². The maximum Gasteiger partial charge on any atom is 0.321 e. The minimum Gasteiger partial charge on any atom is -0.491 e. The molecule has 2 atom stereocenters. The van der Waals surface area contributed by atoms with E-state index >= 15 is 0 Å². The van der Waals surface area contributed by atoms with E-state index in [-0.39, 0.29) is 13.2 Å². The molecule has 2 aromatic carbocycles. The van der Waals surface area contributed by atoms with E-state index in [0.29, 0.717) is 12.2 Å². The van der Waals surface area contributed by atoms with E-state index in [1.165, 1.54) is 0 Å².